The number of nitrogens with zero attached hydrogens (tertiary/aromatic N) is 1. The van der Waals surface area contributed by atoms with E-state index in [0.29, 0.717) is 12.2 Å². The second-order valence-corrected chi connectivity index (χ2v) is 6.91. The summed E-state index contributed by atoms with van der Waals surface area (Å²) in [7, 11) is 0. The maximum Gasteiger partial charge on any atom is 0.257 e. The van der Waals surface area contributed by atoms with E-state index in [4.69, 9.17) is 4.74 Å². The molecular weight excluding hydrogens is 350 g/mol. The number of hydrogen-bond acceptors (Lipinski definition) is 4. The molecule has 0 bridgehead atoms. The molecule has 28 heavy (non-hydrogen) atoms. The zero-order valence-corrected chi connectivity index (χ0v) is 16.9. The van der Waals surface area contributed by atoms with Gasteiger partial charge in [-0.2, -0.15) is 0 Å². The van der Waals surface area contributed by atoms with Crippen molar-refractivity contribution in [1.29, 1.82) is 0 Å². The Labute approximate surface area is 167 Å². The van der Waals surface area contributed by atoms with Crippen molar-refractivity contribution >= 4 is 22.9 Å². The molecule has 148 valence electrons. The normalized spacial score (nSPS) is 14.3. The van der Waals surface area contributed by atoms with E-state index < -0.39 is 0 Å². The molecule has 3 rings (SSSR count). The largest absolute Gasteiger partial charge is 0.494 e. The summed E-state index contributed by atoms with van der Waals surface area (Å²) in [6.07, 6.45) is 2.79. The Bertz CT molecular complexity index is 839. The van der Waals surface area contributed by atoms with Crippen molar-refractivity contribution in [3.8, 4) is 5.75 Å². The number of carbonyl (C=O) groups excluding carboxylic acids is 1. The van der Waals surface area contributed by atoms with Gasteiger partial charge in [-0.05, 0) is 62.3 Å². The predicted octanol–water partition coefficient (Wildman–Crippen LogP) is 4.51. The second-order valence-electron chi connectivity index (χ2n) is 6.91. The Hall–Kier alpha value is -2.79. The first-order valence-corrected chi connectivity index (χ1v) is 9.95. The molecule has 0 unspecified atom stereocenters. The van der Waals surface area contributed by atoms with E-state index >= 15 is 0 Å². The van der Waals surface area contributed by atoms with Gasteiger partial charge in [-0.15, -0.1) is 0 Å². The molecule has 2 N–H and O–H groups in total. The summed E-state index contributed by atoms with van der Waals surface area (Å²) in [5.41, 5.74) is 4.49. The van der Waals surface area contributed by atoms with Gasteiger partial charge in [-0.25, -0.2) is 0 Å². The SMILES string of the molecule is CCN(CC)CCCOc1ccc(N/C=C2/C(=O)Nc3cccc(C)c32)cc1. The van der Waals surface area contributed by atoms with E-state index in [0.717, 1.165) is 54.3 Å². The maximum absolute atomic E-state index is 12.3. The van der Waals surface area contributed by atoms with Crippen LogP contribution in [-0.2, 0) is 4.79 Å². The minimum absolute atomic E-state index is 0.0787. The first-order chi connectivity index (χ1) is 13.6. The topological polar surface area (TPSA) is 53.6 Å². The van der Waals surface area contributed by atoms with Crippen LogP contribution in [0.4, 0.5) is 11.4 Å². The van der Waals surface area contributed by atoms with Crippen LogP contribution in [0.25, 0.3) is 5.57 Å². The van der Waals surface area contributed by atoms with Gasteiger partial charge in [0.2, 0.25) is 0 Å². The Morgan fingerprint density at radius 2 is 1.86 bits per heavy atom. The highest BCUT2D eigenvalue weighted by Gasteiger charge is 2.25. The highest BCUT2D eigenvalue weighted by molar-refractivity contribution is 6.32. The van der Waals surface area contributed by atoms with Crippen molar-refractivity contribution < 1.29 is 9.53 Å². The van der Waals surface area contributed by atoms with Gasteiger partial charge < -0.3 is 20.3 Å². The lowest BCUT2D eigenvalue weighted by Crippen LogP contribution is -2.25. The zero-order chi connectivity index (χ0) is 19.9. The van der Waals surface area contributed by atoms with Crippen molar-refractivity contribution in [3.63, 3.8) is 0 Å². The van der Waals surface area contributed by atoms with Crippen molar-refractivity contribution in [2.24, 2.45) is 0 Å². The quantitative estimate of drug-likeness (QED) is 0.497. The molecule has 2 aromatic carbocycles. The molecule has 0 aliphatic carbocycles. The lowest BCUT2D eigenvalue weighted by atomic mass is 10.0. The van der Waals surface area contributed by atoms with E-state index in [9.17, 15) is 4.79 Å². The van der Waals surface area contributed by atoms with Gasteiger partial charge in [-0.1, -0.05) is 26.0 Å². The van der Waals surface area contributed by atoms with Gasteiger partial charge in [0.25, 0.3) is 5.91 Å². The Kier molecular flexibility index (Phi) is 6.71. The van der Waals surface area contributed by atoms with Gasteiger partial charge in [0, 0.05) is 29.7 Å². The van der Waals surface area contributed by atoms with Crippen molar-refractivity contribution in [2.45, 2.75) is 27.2 Å². The Morgan fingerprint density at radius 1 is 1.11 bits per heavy atom. The van der Waals surface area contributed by atoms with Crippen LogP contribution in [0.3, 0.4) is 0 Å². The summed E-state index contributed by atoms with van der Waals surface area (Å²) in [5.74, 6) is 0.780. The first-order valence-electron chi connectivity index (χ1n) is 9.95. The number of hydrogen-bond donors (Lipinski definition) is 2. The molecule has 1 heterocycles. The van der Waals surface area contributed by atoms with Gasteiger partial charge in [0.1, 0.15) is 5.75 Å². The third kappa shape index (κ3) is 4.73. The monoisotopic (exact) mass is 379 g/mol. The van der Waals surface area contributed by atoms with Crippen LogP contribution in [0.2, 0.25) is 0 Å². The van der Waals surface area contributed by atoms with Crippen LogP contribution in [0.5, 0.6) is 5.75 Å². The standard InChI is InChI=1S/C23H29N3O2/c1-4-26(5-2)14-7-15-28-19-12-10-18(11-13-19)24-16-20-22-17(3)8-6-9-21(22)25-23(20)27/h6,8-13,16,24H,4-5,7,14-15H2,1-3H3,(H,25,27)/b20-16+. The molecule has 5 heteroatoms. The number of aryl methyl sites for hydroxylation is 1. The molecule has 0 spiro atoms. The molecule has 0 saturated carbocycles. The number of carbonyl (C=O) groups is 1. The van der Waals surface area contributed by atoms with Crippen LogP contribution >= 0.6 is 0 Å². The summed E-state index contributed by atoms with van der Waals surface area (Å²) in [6, 6.07) is 13.7. The summed E-state index contributed by atoms with van der Waals surface area (Å²) >= 11 is 0. The molecule has 0 atom stereocenters. The molecule has 0 aromatic heterocycles. The number of ether oxygens (including phenoxy) is 1. The number of benzene rings is 2. The smallest absolute Gasteiger partial charge is 0.257 e. The number of rotatable bonds is 9. The summed E-state index contributed by atoms with van der Waals surface area (Å²) in [6.45, 7) is 10.3. The second kappa shape index (κ2) is 9.42. The van der Waals surface area contributed by atoms with Crippen molar-refractivity contribution in [2.75, 3.05) is 36.9 Å². The Balaban J connectivity index is 1.55. The summed E-state index contributed by atoms with van der Waals surface area (Å²) < 4.78 is 5.82. The van der Waals surface area contributed by atoms with Crippen LogP contribution in [0.15, 0.2) is 48.7 Å². The molecule has 1 aliphatic heterocycles. The lowest BCUT2D eigenvalue weighted by molar-refractivity contribution is -0.110. The molecule has 0 saturated heterocycles. The predicted molar refractivity (Wildman–Crippen MR) is 116 cm³/mol. The molecular formula is C23H29N3O2. The average Bonchev–Trinajstić information content (AvgIpc) is 3.04. The lowest BCUT2D eigenvalue weighted by Gasteiger charge is -2.17. The first kappa shape index (κ1) is 20.0. The fourth-order valence-electron chi connectivity index (χ4n) is 3.39. The van der Waals surface area contributed by atoms with Gasteiger partial charge in [0.05, 0.1) is 12.2 Å². The summed E-state index contributed by atoms with van der Waals surface area (Å²) in [5, 5.41) is 6.13. The van der Waals surface area contributed by atoms with Gasteiger partial charge >= 0.3 is 0 Å². The minimum Gasteiger partial charge on any atom is -0.494 e. The summed E-state index contributed by atoms with van der Waals surface area (Å²) in [4.78, 5) is 14.6. The van der Waals surface area contributed by atoms with Crippen LogP contribution in [0, 0.1) is 6.92 Å². The van der Waals surface area contributed by atoms with Crippen molar-refractivity contribution in [1.82, 2.24) is 4.90 Å². The molecule has 5 nitrogen and oxygen atoms in total. The van der Waals surface area contributed by atoms with E-state index in [1.807, 2.05) is 49.4 Å². The highest BCUT2D eigenvalue weighted by Crippen LogP contribution is 2.34. The molecule has 1 amide bonds. The third-order valence-electron chi connectivity index (χ3n) is 5.05. The molecule has 0 fully saturated rings. The van der Waals surface area contributed by atoms with Crippen LogP contribution in [0.1, 0.15) is 31.4 Å². The van der Waals surface area contributed by atoms with Gasteiger partial charge in [0.15, 0.2) is 0 Å². The fourth-order valence-corrected chi connectivity index (χ4v) is 3.39. The van der Waals surface area contributed by atoms with Crippen molar-refractivity contribution in [3.05, 3.63) is 59.8 Å². The molecule has 1 aliphatic rings. The third-order valence-corrected chi connectivity index (χ3v) is 5.05. The molecule has 2 aromatic rings. The number of anilines is 2. The minimum atomic E-state index is -0.0787. The maximum atomic E-state index is 12.3. The van der Waals surface area contributed by atoms with E-state index in [1.165, 1.54) is 0 Å². The van der Waals surface area contributed by atoms with Crippen LogP contribution in [-0.4, -0.2) is 37.0 Å². The fraction of sp³-hybridized carbons (Fsp3) is 0.348. The van der Waals surface area contributed by atoms with E-state index in [2.05, 4.69) is 29.4 Å². The van der Waals surface area contributed by atoms with Crippen LogP contribution < -0.4 is 15.4 Å². The zero-order valence-electron chi connectivity index (χ0n) is 16.9. The number of fused-ring (bicyclic) bond motifs is 1. The van der Waals surface area contributed by atoms with E-state index in [-0.39, 0.29) is 5.91 Å². The van der Waals surface area contributed by atoms with E-state index in [1.54, 1.807) is 6.20 Å². The number of nitrogens with one attached hydrogen (secondary N) is 2. The highest BCUT2D eigenvalue weighted by atomic mass is 16.5. The Morgan fingerprint density at radius 3 is 2.57 bits per heavy atom. The number of amides is 1. The van der Waals surface area contributed by atoms with Gasteiger partial charge in [-0.3, -0.25) is 4.79 Å². The molecule has 0 radical (unpaired) electrons. The average molecular weight is 380 g/mol.